The maximum Gasteiger partial charge on any atom is 0.253 e. The van der Waals surface area contributed by atoms with Crippen molar-refractivity contribution in [2.75, 3.05) is 12.1 Å². The summed E-state index contributed by atoms with van der Waals surface area (Å²) in [6.07, 6.45) is 1.65. The molecule has 0 saturated heterocycles. The van der Waals surface area contributed by atoms with Crippen molar-refractivity contribution in [1.82, 2.24) is 5.01 Å². The Morgan fingerprint density at radius 3 is 2.50 bits per heavy atom. The van der Waals surface area contributed by atoms with Crippen LogP contribution in [0, 0.1) is 0 Å². The highest BCUT2D eigenvalue weighted by Gasteiger charge is 2.40. The van der Waals surface area contributed by atoms with Crippen LogP contribution in [0.1, 0.15) is 22.8 Å². The number of hydrazine groups is 1. The fourth-order valence-electron chi connectivity index (χ4n) is 3.32. The highest BCUT2D eigenvalue weighted by atomic mass is 16.3. The first-order valence-corrected chi connectivity index (χ1v) is 7.97. The molecule has 3 aromatic rings. The summed E-state index contributed by atoms with van der Waals surface area (Å²) in [6.45, 7) is 0.536. The Kier molecular flexibility index (Phi) is 3.67. The topological polar surface area (TPSA) is 36.7 Å². The van der Waals surface area contributed by atoms with Gasteiger partial charge in [-0.15, -0.1) is 0 Å². The van der Waals surface area contributed by atoms with Crippen molar-refractivity contribution in [2.24, 2.45) is 0 Å². The van der Waals surface area contributed by atoms with Gasteiger partial charge >= 0.3 is 0 Å². The van der Waals surface area contributed by atoms with Gasteiger partial charge in [0.15, 0.2) is 0 Å². The van der Waals surface area contributed by atoms with E-state index in [4.69, 9.17) is 4.42 Å². The molecule has 1 aromatic heterocycles. The second-order valence-electron chi connectivity index (χ2n) is 5.95. The minimum absolute atomic E-state index is 0.0662. The summed E-state index contributed by atoms with van der Waals surface area (Å²) in [5.74, 6) is 0.629. The zero-order chi connectivity index (χ0) is 16.5. The molecular weight excluding hydrogens is 300 g/mol. The van der Waals surface area contributed by atoms with Gasteiger partial charge < -0.3 is 4.42 Å². The third-order valence-electron chi connectivity index (χ3n) is 4.37. The SMILES string of the molecule is CN(Cc1ccco1)N1C(=O)[C@H](c2ccccc2)c2ccccc21. The fraction of sp³-hybridized carbons (Fsp3) is 0.150. The smallest absolute Gasteiger partial charge is 0.253 e. The van der Waals surface area contributed by atoms with Gasteiger partial charge in [0, 0.05) is 7.05 Å². The molecule has 2 aromatic carbocycles. The van der Waals surface area contributed by atoms with E-state index >= 15 is 0 Å². The normalized spacial score (nSPS) is 16.7. The quantitative estimate of drug-likeness (QED) is 0.734. The van der Waals surface area contributed by atoms with Crippen LogP contribution in [0.3, 0.4) is 0 Å². The Morgan fingerprint density at radius 1 is 1.00 bits per heavy atom. The summed E-state index contributed by atoms with van der Waals surface area (Å²) in [5, 5.41) is 3.67. The zero-order valence-corrected chi connectivity index (χ0v) is 13.4. The highest BCUT2D eigenvalue weighted by Crippen LogP contribution is 2.41. The maximum atomic E-state index is 13.2. The lowest BCUT2D eigenvalue weighted by atomic mass is 9.93. The van der Waals surface area contributed by atoms with E-state index in [2.05, 4.69) is 0 Å². The molecule has 4 heteroatoms. The molecule has 0 bridgehead atoms. The standard InChI is InChI=1S/C20H18N2O2/c1-21(14-16-10-7-13-24-16)22-18-12-6-5-11-17(18)19(20(22)23)15-8-3-2-4-9-15/h2-13,19H,14H2,1H3/t19-/m1/s1. The van der Waals surface area contributed by atoms with Crippen LogP contribution in [0.15, 0.2) is 77.4 Å². The number of carbonyl (C=O) groups excluding carboxylic acids is 1. The molecule has 0 radical (unpaired) electrons. The average molecular weight is 318 g/mol. The van der Waals surface area contributed by atoms with Crippen LogP contribution in [-0.2, 0) is 11.3 Å². The molecule has 0 unspecified atom stereocenters. The number of benzene rings is 2. The largest absolute Gasteiger partial charge is 0.468 e. The average Bonchev–Trinajstić information content (AvgIpc) is 3.20. The van der Waals surface area contributed by atoms with Gasteiger partial charge in [0.25, 0.3) is 5.91 Å². The molecule has 1 aliphatic heterocycles. The second kappa shape index (κ2) is 5.98. The molecule has 1 aliphatic rings. The second-order valence-corrected chi connectivity index (χ2v) is 5.95. The first-order chi connectivity index (χ1) is 11.8. The highest BCUT2D eigenvalue weighted by molar-refractivity contribution is 6.06. The van der Waals surface area contributed by atoms with Gasteiger partial charge in [-0.25, -0.2) is 10.0 Å². The van der Waals surface area contributed by atoms with E-state index < -0.39 is 0 Å². The lowest BCUT2D eigenvalue weighted by molar-refractivity contribution is -0.121. The summed E-state index contributed by atoms with van der Waals surface area (Å²) in [5.41, 5.74) is 2.99. The third kappa shape index (κ3) is 2.41. The Hall–Kier alpha value is -2.85. The zero-order valence-electron chi connectivity index (χ0n) is 13.4. The van der Waals surface area contributed by atoms with Gasteiger partial charge in [-0.2, -0.15) is 0 Å². The molecule has 120 valence electrons. The lowest BCUT2D eigenvalue weighted by Crippen LogP contribution is -2.42. The molecule has 24 heavy (non-hydrogen) atoms. The van der Waals surface area contributed by atoms with Crippen molar-refractivity contribution >= 4 is 11.6 Å². The van der Waals surface area contributed by atoms with Crippen molar-refractivity contribution in [3.8, 4) is 0 Å². The van der Waals surface area contributed by atoms with Crippen molar-refractivity contribution in [2.45, 2.75) is 12.5 Å². The fourth-order valence-corrected chi connectivity index (χ4v) is 3.32. The molecule has 2 heterocycles. The maximum absolute atomic E-state index is 13.2. The van der Waals surface area contributed by atoms with Gasteiger partial charge in [0.2, 0.25) is 0 Å². The number of para-hydroxylation sites is 1. The number of amides is 1. The van der Waals surface area contributed by atoms with E-state index in [0.29, 0.717) is 6.54 Å². The van der Waals surface area contributed by atoms with Crippen LogP contribution in [-0.4, -0.2) is 18.0 Å². The Balaban J connectivity index is 1.72. The summed E-state index contributed by atoms with van der Waals surface area (Å²) >= 11 is 0. The molecule has 0 N–H and O–H groups in total. The summed E-state index contributed by atoms with van der Waals surface area (Å²) in [6, 6.07) is 21.7. The Labute approximate surface area is 140 Å². The minimum Gasteiger partial charge on any atom is -0.468 e. The van der Waals surface area contributed by atoms with Gasteiger partial charge in [-0.1, -0.05) is 48.5 Å². The van der Waals surface area contributed by atoms with E-state index in [-0.39, 0.29) is 11.8 Å². The minimum atomic E-state index is -0.263. The molecule has 0 fully saturated rings. The lowest BCUT2D eigenvalue weighted by Gasteiger charge is -2.28. The number of rotatable bonds is 4. The van der Waals surface area contributed by atoms with E-state index in [9.17, 15) is 4.79 Å². The number of carbonyl (C=O) groups is 1. The van der Waals surface area contributed by atoms with Crippen molar-refractivity contribution in [3.05, 3.63) is 89.9 Å². The number of anilines is 1. The van der Waals surface area contributed by atoms with Crippen LogP contribution < -0.4 is 5.01 Å². The van der Waals surface area contributed by atoms with Crippen molar-refractivity contribution < 1.29 is 9.21 Å². The molecule has 4 rings (SSSR count). The van der Waals surface area contributed by atoms with E-state index in [1.54, 1.807) is 11.3 Å². The van der Waals surface area contributed by atoms with Gasteiger partial charge in [0.1, 0.15) is 5.76 Å². The van der Waals surface area contributed by atoms with Gasteiger partial charge in [-0.05, 0) is 29.3 Å². The van der Waals surface area contributed by atoms with E-state index in [0.717, 1.165) is 22.6 Å². The summed E-state index contributed by atoms with van der Waals surface area (Å²) in [7, 11) is 1.91. The van der Waals surface area contributed by atoms with E-state index in [1.807, 2.05) is 78.8 Å². The van der Waals surface area contributed by atoms with Crippen LogP contribution in [0.2, 0.25) is 0 Å². The molecule has 1 amide bonds. The third-order valence-corrected chi connectivity index (χ3v) is 4.37. The molecule has 0 spiro atoms. The molecule has 1 atom stereocenters. The molecule has 0 saturated carbocycles. The first kappa shape index (κ1) is 14.7. The summed E-state index contributed by atoms with van der Waals surface area (Å²) in [4.78, 5) is 13.2. The monoisotopic (exact) mass is 318 g/mol. The predicted molar refractivity (Wildman–Crippen MR) is 92.4 cm³/mol. The van der Waals surface area contributed by atoms with Crippen LogP contribution >= 0.6 is 0 Å². The van der Waals surface area contributed by atoms with Crippen molar-refractivity contribution in [1.29, 1.82) is 0 Å². The van der Waals surface area contributed by atoms with E-state index in [1.165, 1.54) is 0 Å². The number of furan rings is 1. The van der Waals surface area contributed by atoms with Crippen LogP contribution in [0.4, 0.5) is 5.69 Å². The number of nitrogens with zero attached hydrogens (tertiary/aromatic N) is 2. The number of hydrogen-bond acceptors (Lipinski definition) is 3. The Bertz CT molecular complexity index is 843. The predicted octanol–water partition coefficient (Wildman–Crippen LogP) is 3.81. The first-order valence-electron chi connectivity index (χ1n) is 7.97. The molecule has 0 aliphatic carbocycles. The van der Waals surface area contributed by atoms with Crippen LogP contribution in [0.25, 0.3) is 0 Å². The van der Waals surface area contributed by atoms with Gasteiger partial charge in [-0.3, -0.25) is 4.79 Å². The Morgan fingerprint density at radius 2 is 1.75 bits per heavy atom. The molecular formula is C20H18N2O2. The number of fused-ring (bicyclic) bond motifs is 1. The van der Waals surface area contributed by atoms with Gasteiger partial charge in [0.05, 0.1) is 24.4 Å². The van der Waals surface area contributed by atoms with Crippen molar-refractivity contribution in [3.63, 3.8) is 0 Å². The van der Waals surface area contributed by atoms with Crippen LogP contribution in [0.5, 0.6) is 0 Å². The number of hydrogen-bond donors (Lipinski definition) is 0. The summed E-state index contributed by atoms with van der Waals surface area (Å²) < 4.78 is 5.42. The molecule has 4 nitrogen and oxygen atoms in total.